The molecule has 2 heterocycles. The van der Waals surface area contributed by atoms with Crippen molar-refractivity contribution in [2.75, 3.05) is 7.05 Å². The Morgan fingerprint density at radius 1 is 1.48 bits per heavy atom. The van der Waals surface area contributed by atoms with E-state index in [9.17, 15) is 9.90 Å². The summed E-state index contributed by atoms with van der Waals surface area (Å²) in [6.45, 7) is 3.64. The fourth-order valence-corrected chi connectivity index (χ4v) is 3.37. The molecule has 1 amide bonds. The van der Waals surface area contributed by atoms with E-state index in [4.69, 9.17) is 4.52 Å². The number of carbonyl (C=O) groups excluding carboxylic acids is 1. The Morgan fingerprint density at radius 3 is 2.87 bits per heavy atom. The SMILES string of the molecule is Cc1noc(C)c1CC(=O)N(C)[C@@H]1CC[C@@H](n2ccnc2)[C@@H]1O. The van der Waals surface area contributed by atoms with Gasteiger partial charge in [-0.2, -0.15) is 0 Å². The first-order valence-electron chi connectivity index (χ1n) is 7.82. The van der Waals surface area contributed by atoms with Gasteiger partial charge in [0.05, 0.1) is 36.6 Å². The van der Waals surface area contributed by atoms with Gasteiger partial charge in [0.2, 0.25) is 5.91 Å². The zero-order chi connectivity index (χ0) is 16.6. The van der Waals surface area contributed by atoms with E-state index in [1.54, 1.807) is 24.5 Å². The Labute approximate surface area is 134 Å². The fraction of sp³-hybridized carbons (Fsp3) is 0.562. The molecule has 1 fully saturated rings. The van der Waals surface area contributed by atoms with Crippen LogP contribution in [-0.4, -0.2) is 49.8 Å². The minimum atomic E-state index is -0.595. The Hall–Kier alpha value is -2.15. The molecule has 7 nitrogen and oxygen atoms in total. The second-order valence-corrected chi connectivity index (χ2v) is 6.20. The van der Waals surface area contributed by atoms with Crippen molar-refractivity contribution in [2.45, 2.75) is 51.3 Å². The van der Waals surface area contributed by atoms with Gasteiger partial charge in [0.25, 0.3) is 0 Å². The van der Waals surface area contributed by atoms with E-state index in [0.717, 1.165) is 24.1 Å². The molecule has 1 aliphatic carbocycles. The molecule has 7 heteroatoms. The van der Waals surface area contributed by atoms with E-state index < -0.39 is 6.10 Å². The molecule has 0 saturated heterocycles. The van der Waals surface area contributed by atoms with Crippen LogP contribution in [0.4, 0.5) is 0 Å². The van der Waals surface area contributed by atoms with Crippen molar-refractivity contribution in [1.29, 1.82) is 0 Å². The third kappa shape index (κ3) is 2.88. The zero-order valence-electron chi connectivity index (χ0n) is 13.6. The fourth-order valence-electron chi connectivity index (χ4n) is 3.37. The lowest BCUT2D eigenvalue weighted by molar-refractivity contribution is -0.133. The Balaban J connectivity index is 1.68. The van der Waals surface area contributed by atoms with Crippen LogP contribution in [0.25, 0.3) is 0 Å². The number of aliphatic hydroxyl groups is 1. The Kier molecular flexibility index (Phi) is 4.21. The van der Waals surface area contributed by atoms with Crippen molar-refractivity contribution in [1.82, 2.24) is 19.6 Å². The second kappa shape index (κ2) is 6.16. The van der Waals surface area contributed by atoms with Crippen molar-refractivity contribution in [3.8, 4) is 0 Å². The smallest absolute Gasteiger partial charge is 0.227 e. The van der Waals surface area contributed by atoms with E-state index in [1.165, 1.54) is 0 Å². The highest BCUT2D eigenvalue weighted by Gasteiger charge is 2.39. The standard InChI is InChI=1S/C16H22N4O3/c1-10-12(11(2)23-18-10)8-15(21)19(3)13-4-5-14(16(13)22)20-7-6-17-9-20/h6-7,9,13-14,16,22H,4-5,8H2,1-3H3/t13-,14-,16-/m1/s1. The normalized spacial score (nSPS) is 24.1. The second-order valence-electron chi connectivity index (χ2n) is 6.20. The molecule has 0 unspecified atom stereocenters. The molecule has 1 N–H and O–H groups in total. The van der Waals surface area contributed by atoms with E-state index >= 15 is 0 Å². The lowest BCUT2D eigenvalue weighted by Crippen LogP contribution is -2.44. The molecule has 2 aromatic heterocycles. The third-order valence-electron chi connectivity index (χ3n) is 4.85. The number of imidazole rings is 1. The maximum atomic E-state index is 12.6. The van der Waals surface area contributed by atoms with Crippen LogP contribution in [0.15, 0.2) is 23.2 Å². The van der Waals surface area contributed by atoms with E-state index in [-0.39, 0.29) is 24.4 Å². The number of hydrogen-bond acceptors (Lipinski definition) is 5. The van der Waals surface area contributed by atoms with Gasteiger partial charge in [0, 0.05) is 25.0 Å². The molecule has 0 bridgehead atoms. The van der Waals surface area contributed by atoms with E-state index in [2.05, 4.69) is 10.1 Å². The summed E-state index contributed by atoms with van der Waals surface area (Å²) in [6, 6.07) is -0.216. The average Bonchev–Trinajstić information content (AvgIpc) is 3.23. The van der Waals surface area contributed by atoms with Crippen LogP contribution in [0, 0.1) is 13.8 Å². The highest BCUT2D eigenvalue weighted by Crippen LogP contribution is 2.33. The third-order valence-corrected chi connectivity index (χ3v) is 4.85. The van der Waals surface area contributed by atoms with E-state index in [1.807, 2.05) is 24.6 Å². The summed E-state index contributed by atoms with van der Waals surface area (Å²) in [5.41, 5.74) is 1.58. The van der Waals surface area contributed by atoms with Crippen LogP contribution in [0.1, 0.15) is 35.9 Å². The first kappa shape index (κ1) is 15.7. The number of nitrogens with zero attached hydrogens (tertiary/aromatic N) is 4. The number of aryl methyl sites for hydroxylation is 2. The summed E-state index contributed by atoms with van der Waals surface area (Å²) < 4.78 is 7.02. The molecule has 0 spiro atoms. The zero-order valence-corrected chi connectivity index (χ0v) is 13.6. The minimum absolute atomic E-state index is 0.0307. The van der Waals surface area contributed by atoms with Gasteiger partial charge in [-0.1, -0.05) is 5.16 Å². The molecule has 1 aliphatic rings. The van der Waals surface area contributed by atoms with Crippen molar-refractivity contribution >= 4 is 5.91 Å². The predicted molar refractivity (Wildman–Crippen MR) is 82.7 cm³/mol. The molecule has 3 rings (SSSR count). The minimum Gasteiger partial charge on any atom is -0.389 e. The molecule has 124 valence electrons. The highest BCUT2D eigenvalue weighted by atomic mass is 16.5. The van der Waals surface area contributed by atoms with E-state index in [0.29, 0.717) is 5.76 Å². The van der Waals surface area contributed by atoms with Gasteiger partial charge >= 0.3 is 0 Å². The highest BCUT2D eigenvalue weighted by molar-refractivity contribution is 5.79. The van der Waals surface area contributed by atoms with Gasteiger partial charge in [-0.25, -0.2) is 4.98 Å². The number of amides is 1. The van der Waals surface area contributed by atoms with Crippen LogP contribution < -0.4 is 0 Å². The van der Waals surface area contributed by atoms with Gasteiger partial charge in [0.15, 0.2) is 0 Å². The molecular weight excluding hydrogens is 296 g/mol. The molecule has 0 aliphatic heterocycles. The summed E-state index contributed by atoms with van der Waals surface area (Å²) in [6.07, 6.45) is 6.51. The topological polar surface area (TPSA) is 84.4 Å². The maximum Gasteiger partial charge on any atom is 0.227 e. The molecular formula is C16H22N4O3. The summed E-state index contributed by atoms with van der Waals surface area (Å²) in [7, 11) is 1.75. The first-order valence-corrected chi connectivity index (χ1v) is 7.82. The quantitative estimate of drug-likeness (QED) is 0.917. The van der Waals surface area contributed by atoms with Gasteiger partial charge in [0.1, 0.15) is 5.76 Å². The number of aliphatic hydroxyl groups excluding tert-OH is 1. The number of aromatic nitrogens is 3. The van der Waals surface area contributed by atoms with Gasteiger partial charge < -0.3 is 19.1 Å². The van der Waals surface area contributed by atoms with Crippen LogP contribution in [-0.2, 0) is 11.2 Å². The van der Waals surface area contributed by atoms with Crippen LogP contribution in [0.5, 0.6) is 0 Å². The average molecular weight is 318 g/mol. The number of carbonyl (C=O) groups is 1. The molecule has 2 aromatic rings. The molecule has 1 saturated carbocycles. The lowest BCUT2D eigenvalue weighted by Gasteiger charge is -2.29. The lowest BCUT2D eigenvalue weighted by atomic mass is 10.1. The largest absolute Gasteiger partial charge is 0.389 e. The number of likely N-dealkylation sites (N-methyl/N-ethyl adjacent to an activating group) is 1. The van der Waals surface area contributed by atoms with Crippen LogP contribution in [0.2, 0.25) is 0 Å². The predicted octanol–water partition coefficient (Wildman–Crippen LogP) is 1.25. The molecule has 0 radical (unpaired) electrons. The van der Waals surface area contributed by atoms with Crippen molar-refractivity contribution in [3.05, 3.63) is 35.7 Å². The summed E-state index contributed by atoms with van der Waals surface area (Å²) >= 11 is 0. The van der Waals surface area contributed by atoms with Gasteiger partial charge in [-0.05, 0) is 26.7 Å². The monoisotopic (exact) mass is 318 g/mol. The summed E-state index contributed by atoms with van der Waals surface area (Å²) in [5.74, 6) is 0.641. The number of hydrogen-bond donors (Lipinski definition) is 1. The van der Waals surface area contributed by atoms with Gasteiger partial charge in [-0.15, -0.1) is 0 Å². The Morgan fingerprint density at radius 2 is 2.26 bits per heavy atom. The molecule has 0 aromatic carbocycles. The number of rotatable bonds is 4. The van der Waals surface area contributed by atoms with Crippen molar-refractivity contribution in [3.63, 3.8) is 0 Å². The molecule has 3 atom stereocenters. The van der Waals surface area contributed by atoms with Gasteiger partial charge in [-0.3, -0.25) is 4.79 Å². The molecule has 23 heavy (non-hydrogen) atoms. The van der Waals surface area contributed by atoms with Crippen molar-refractivity contribution < 1.29 is 14.4 Å². The first-order chi connectivity index (χ1) is 11.0. The summed E-state index contributed by atoms with van der Waals surface area (Å²) in [5, 5.41) is 14.5. The van der Waals surface area contributed by atoms with Crippen LogP contribution in [0.3, 0.4) is 0 Å². The van der Waals surface area contributed by atoms with Crippen LogP contribution >= 0.6 is 0 Å². The maximum absolute atomic E-state index is 12.6. The van der Waals surface area contributed by atoms with Crippen molar-refractivity contribution in [2.24, 2.45) is 0 Å². The Bertz CT molecular complexity index is 660. The summed E-state index contributed by atoms with van der Waals surface area (Å²) in [4.78, 5) is 18.3.